The summed E-state index contributed by atoms with van der Waals surface area (Å²) in [5.74, 6) is 1.96. The van der Waals surface area contributed by atoms with Crippen LogP contribution in [-0.4, -0.2) is 39.9 Å². The first-order valence-corrected chi connectivity index (χ1v) is 13.7. The van der Waals surface area contributed by atoms with E-state index in [4.69, 9.17) is 10.7 Å². The molecule has 4 aromatic rings. The zero-order valence-electron chi connectivity index (χ0n) is 22.5. The van der Waals surface area contributed by atoms with Gasteiger partial charge in [0.05, 0.1) is 17.3 Å². The number of fused-ring (bicyclic) bond motifs is 1. The molecule has 0 aliphatic carbocycles. The van der Waals surface area contributed by atoms with Gasteiger partial charge in [-0.05, 0) is 68.6 Å². The topological polar surface area (TPSA) is 118 Å². The molecule has 0 saturated heterocycles. The zero-order chi connectivity index (χ0) is 27.1. The van der Waals surface area contributed by atoms with E-state index in [-0.39, 0.29) is 6.04 Å². The molecule has 0 aliphatic rings. The summed E-state index contributed by atoms with van der Waals surface area (Å²) in [4.78, 5) is 9.43. The van der Waals surface area contributed by atoms with Crippen LogP contribution in [0.15, 0.2) is 55.4 Å². The first-order valence-electron chi connectivity index (χ1n) is 12.8. The molecule has 6 N–H and O–H groups in total. The Morgan fingerprint density at radius 2 is 1.95 bits per heavy atom. The van der Waals surface area contributed by atoms with Crippen molar-refractivity contribution in [1.82, 2.24) is 30.4 Å². The van der Waals surface area contributed by atoms with Crippen LogP contribution in [0.5, 0.6) is 0 Å². The molecule has 4 rings (SSSR count). The molecular weight excluding hydrogens is 494 g/mol. The Balaban J connectivity index is 1.59. The summed E-state index contributed by atoms with van der Waals surface area (Å²) in [5, 5.41) is 15.6. The van der Waals surface area contributed by atoms with Crippen LogP contribution in [0.2, 0.25) is 0 Å². The normalized spacial score (nSPS) is 11.2. The van der Waals surface area contributed by atoms with E-state index in [1.54, 1.807) is 18.1 Å². The minimum absolute atomic E-state index is 0.261. The van der Waals surface area contributed by atoms with Crippen molar-refractivity contribution in [3.8, 4) is 0 Å². The van der Waals surface area contributed by atoms with Crippen molar-refractivity contribution < 1.29 is 0 Å². The Bertz CT molecular complexity index is 1400. The van der Waals surface area contributed by atoms with Crippen LogP contribution in [0.1, 0.15) is 42.1 Å². The average Bonchev–Trinajstić information content (AvgIpc) is 3.31. The van der Waals surface area contributed by atoms with Crippen molar-refractivity contribution >= 4 is 46.0 Å². The molecule has 200 valence electrons. The van der Waals surface area contributed by atoms with Crippen molar-refractivity contribution in [2.24, 2.45) is 5.73 Å². The van der Waals surface area contributed by atoms with E-state index in [1.807, 2.05) is 17.9 Å². The molecule has 0 atom stereocenters. The van der Waals surface area contributed by atoms with Gasteiger partial charge in [-0.2, -0.15) is 10.1 Å². The molecule has 0 fully saturated rings. The van der Waals surface area contributed by atoms with Gasteiger partial charge in [-0.1, -0.05) is 30.8 Å². The van der Waals surface area contributed by atoms with Crippen LogP contribution >= 0.6 is 11.9 Å². The molecule has 0 amide bonds. The molecule has 0 unspecified atom stereocenters. The number of anilines is 3. The fourth-order valence-corrected chi connectivity index (χ4v) is 4.98. The molecule has 0 spiro atoms. The highest BCUT2D eigenvalue weighted by Gasteiger charge is 2.14. The molecule has 2 aromatic heterocycles. The number of aryl methyl sites for hydroxylation is 1. The molecular formula is C28H37N9S. The smallest absolute Gasteiger partial charge is 0.229 e. The van der Waals surface area contributed by atoms with Gasteiger partial charge in [-0.15, -0.1) is 0 Å². The maximum Gasteiger partial charge on any atom is 0.229 e. The summed E-state index contributed by atoms with van der Waals surface area (Å²) in [7, 11) is 1.96. The van der Waals surface area contributed by atoms with E-state index >= 15 is 0 Å². The number of benzene rings is 2. The lowest BCUT2D eigenvalue weighted by atomic mass is 10.1. The van der Waals surface area contributed by atoms with Crippen molar-refractivity contribution in [1.29, 1.82) is 0 Å². The van der Waals surface area contributed by atoms with Crippen LogP contribution < -0.4 is 26.4 Å². The van der Waals surface area contributed by atoms with Gasteiger partial charge in [-0.25, -0.2) is 4.98 Å². The number of rotatable bonds is 13. The molecule has 0 saturated carbocycles. The second-order valence-electron chi connectivity index (χ2n) is 9.37. The van der Waals surface area contributed by atoms with Crippen LogP contribution in [0, 0.1) is 6.92 Å². The average molecular weight is 532 g/mol. The molecule has 0 bridgehead atoms. The third-order valence-electron chi connectivity index (χ3n) is 6.16. The standard InChI is InChI=1S/C28H37N9S/c1-18(2)37-26-13-25(19(3)12-23(26)15-33-37)34-28-32-16-24(20(4)31-11-10-29)27(35-28)36-38-17-22-9-7-6-8-21(22)14-30-5/h6-9,12-13,15-16,18,30-31H,4,10-11,14,17,29H2,1-3,5H3,(H2,32,34,35,36). The first-order chi connectivity index (χ1) is 18.4. The van der Waals surface area contributed by atoms with Gasteiger partial charge >= 0.3 is 0 Å². The molecule has 38 heavy (non-hydrogen) atoms. The summed E-state index contributed by atoms with van der Waals surface area (Å²) in [6, 6.07) is 12.9. The van der Waals surface area contributed by atoms with E-state index in [2.05, 4.69) is 94.5 Å². The predicted octanol–water partition coefficient (Wildman–Crippen LogP) is 4.96. The maximum absolute atomic E-state index is 5.69. The summed E-state index contributed by atoms with van der Waals surface area (Å²) >= 11 is 1.58. The van der Waals surface area contributed by atoms with Gasteiger partial charge in [0.15, 0.2) is 5.82 Å². The second kappa shape index (κ2) is 12.8. The van der Waals surface area contributed by atoms with E-state index in [9.17, 15) is 0 Å². The molecule has 0 aliphatic heterocycles. The van der Waals surface area contributed by atoms with Crippen molar-refractivity contribution in [3.05, 3.63) is 77.6 Å². The third kappa shape index (κ3) is 6.45. The number of nitrogens with zero attached hydrogens (tertiary/aromatic N) is 4. The molecule has 9 nitrogen and oxygen atoms in total. The zero-order valence-corrected chi connectivity index (χ0v) is 23.3. The van der Waals surface area contributed by atoms with Crippen molar-refractivity contribution in [2.45, 2.75) is 39.1 Å². The third-order valence-corrected chi connectivity index (χ3v) is 6.95. The molecule has 2 heterocycles. The lowest BCUT2D eigenvalue weighted by Crippen LogP contribution is -2.21. The van der Waals surface area contributed by atoms with Crippen LogP contribution in [0.3, 0.4) is 0 Å². The Morgan fingerprint density at radius 3 is 2.68 bits per heavy atom. The molecule has 10 heteroatoms. The lowest BCUT2D eigenvalue weighted by Gasteiger charge is -2.16. The Kier molecular flexibility index (Phi) is 9.22. The molecule has 0 radical (unpaired) electrons. The highest BCUT2D eigenvalue weighted by Crippen LogP contribution is 2.29. The van der Waals surface area contributed by atoms with Crippen LogP contribution in [0.4, 0.5) is 17.5 Å². The predicted molar refractivity (Wildman–Crippen MR) is 160 cm³/mol. The fourth-order valence-electron chi connectivity index (χ4n) is 4.18. The maximum atomic E-state index is 5.69. The summed E-state index contributed by atoms with van der Waals surface area (Å²) < 4.78 is 5.46. The van der Waals surface area contributed by atoms with Crippen LogP contribution in [-0.2, 0) is 12.3 Å². The van der Waals surface area contributed by atoms with Gasteiger partial charge in [-0.3, -0.25) is 4.68 Å². The number of hydrogen-bond donors (Lipinski definition) is 5. The summed E-state index contributed by atoms with van der Waals surface area (Å²) in [5.41, 5.74) is 12.8. The van der Waals surface area contributed by atoms with E-state index in [1.165, 1.54) is 11.1 Å². The highest BCUT2D eigenvalue weighted by atomic mass is 32.2. The number of aromatic nitrogens is 4. The fraction of sp³-hybridized carbons (Fsp3) is 0.321. The van der Waals surface area contributed by atoms with E-state index in [0.29, 0.717) is 24.9 Å². The lowest BCUT2D eigenvalue weighted by molar-refractivity contribution is 0.551. The minimum atomic E-state index is 0.261. The largest absolute Gasteiger partial charge is 0.384 e. The summed E-state index contributed by atoms with van der Waals surface area (Å²) in [6.45, 7) is 12.4. The number of hydrogen-bond acceptors (Lipinski definition) is 9. The Hall–Kier alpha value is -3.60. The highest BCUT2D eigenvalue weighted by molar-refractivity contribution is 7.99. The first kappa shape index (κ1) is 27.4. The molecule has 2 aromatic carbocycles. The van der Waals surface area contributed by atoms with Crippen LogP contribution in [0.25, 0.3) is 16.6 Å². The van der Waals surface area contributed by atoms with Gasteiger partial charge < -0.3 is 26.4 Å². The van der Waals surface area contributed by atoms with Gasteiger partial charge in [0, 0.05) is 54.4 Å². The van der Waals surface area contributed by atoms with Crippen molar-refractivity contribution in [2.75, 3.05) is 30.2 Å². The Morgan fingerprint density at radius 1 is 1.16 bits per heavy atom. The quantitative estimate of drug-likeness (QED) is 0.153. The second-order valence-corrected chi connectivity index (χ2v) is 10.2. The number of nitrogens with one attached hydrogen (secondary N) is 4. The van der Waals surface area contributed by atoms with E-state index in [0.717, 1.165) is 45.7 Å². The SMILES string of the molecule is C=C(NCCN)c1cnc(Nc2cc3c(cnn3C(C)C)cc2C)nc1NSCc1ccccc1CNC. The monoisotopic (exact) mass is 531 g/mol. The van der Waals surface area contributed by atoms with Gasteiger partial charge in [0.2, 0.25) is 5.95 Å². The Labute approximate surface area is 228 Å². The van der Waals surface area contributed by atoms with E-state index < -0.39 is 0 Å². The minimum Gasteiger partial charge on any atom is -0.384 e. The van der Waals surface area contributed by atoms with Gasteiger partial charge in [0.1, 0.15) is 0 Å². The van der Waals surface area contributed by atoms with Gasteiger partial charge in [0.25, 0.3) is 0 Å². The van der Waals surface area contributed by atoms with Crippen molar-refractivity contribution in [3.63, 3.8) is 0 Å². The summed E-state index contributed by atoms with van der Waals surface area (Å²) in [6.07, 6.45) is 3.69. The number of nitrogens with two attached hydrogens (primary N) is 1.